The van der Waals surface area contributed by atoms with Crippen LogP contribution >= 0.6 is 11.8 Å². The third-order valence-corrected chi connectivity index (χ3v) is 4.18. The minimum Gasteiger partial charge on any atom is -0.464 e. The van der Waals surface area contributed by atoms with E-state index < -0.39 is 5.97 Å². The fraction of sp³-hybridized carbons (Fsp3) is 0.105. The average Bonchev–Trinajstić information content (AvgIpc) is 3.12. The number of carbonyl (C=O) groups excluding carboxylic acids is 2. The van der Waals surface area contributed by atoms with E-state index in [1.807, 2.05) is 30.3 Å². The largest absolute Gasteiger partial charge is 0.464 e. The molecule has 1 heterocycles. The predicted molar refractivity (Wildman–Crippen MR) is 97.7 cm³/mol. The Morgan fingerprint density at radius 3 is 2.42 bits per heavy atom. The van der Waals surface area contributed by atoms with Crippen LogP contribution in [0.1, 0.15) is 17.4 Å². The van der Waals surface area contributed by atoms with Gasteiger partial charge in [0.05, 0.1) is 18.4 Å². The molecule has 0 saturated heterocycles. The molecule has 0 N–H and O–H groups in total. The third kappa shape index (κ3) is 3.32. The number of amides is 1. The molecule has 0 aliphatic heterocycles. The molecule has 1 amide bonds. The molecule has 7 heteroatoms. The molecule has 1 aromatic heterocycles. The van der Waals surface area contributed by atoms with Crippen LogP contribution in [0.15, 0.2) is 59.1 Å². The van der Waals surface area contributed by atoms with Crippen molar-refractivity contribution >= 4 is 29.3 Å². The van der Waals surface area contributed by atoms with Gasteiger partial charge in [0, 0.05) is 24.3 Å². The molecule has 0 radical (unpaired) electrons. The summed E-state index contributed by atoms with van der Waals surface area (Å²) in [5.41, 5.74) is 2.44. The number of carbonyl (C=O) groups is 2. The number of hydrogen-bond donors (Lipinski definition) is 0. The van der Waals surface area contributed by atoms with E-state index >= 15 is 0 Å². The number of anilines is 1. The van der Waals surface area contributed by atoms with Crippen molar-refractivity contribution in [1.82, 2.24) is 5.16 Å². The van der Waals surface area contributed by atoms with Crippen LogP contribution in [0.5, 0.6) is 0 Å². The van der Waals surface area contributed by atoms with Crippen LogP contribution in [0.2, 0.25) is 0 Å². The number of aromatic nitrogens is 1. The van der Waals surface area contributed by atoms with Crippen LogP contribution in [-0.4, -0.2) is 24.1 Å². The Hall–Kier alpha value is -3.12. The molecule has 0 atom stereocenters. The molecule has 2 aromatic carbocycles. The number of rotatable bonds is 4. The maximum absolute atomic E-state index is 12.1. The first kappa shape index (κ1) is 17.7. The van der Waals surface area contributed by atoms with Gasteiger partial charge in [-0.25, -0.2) is 9.21 Å². The van der Waals surface area contributed by atoms with Crippen LogP contribution in [0.25, 0.3) is 22.5 Å². The molecule has 0 saturated carbocycles. The zero-order valence-corrected chi connectivity index (χ0v) is 14.9. The maximum Gasteiger partial charge on any atom is 0.360 e. The lowest BCUT2D eigenvalue weighted by molar-refractivity contribution is -0.115. The van der Waals surface area contributed by atoms with Crippen molar-refractivity contribution in [1.29, 1.82) is 0 Å². The van der Waals surface area contributed by atoms with Gasteiger partial charge in [-0.15, -0.1) is 0 Å². The highest BCUT2D eigenvalue weighted by atomic mass is 35.5. The van der Waals surface area contributed by atoms with Gasteiger partial charge in [-0.2, -0.15) is 0 Å². The van der Waals surface area contributed by atoms with E-state index in [0.29, 0.717) is 22.6 Å². The second-order valence-electron chi connectivity index (χ2n) is 5.44. The Bertz CT molecular complexity index is 953. The Morgan fingerprint density at radius 1 is 1.08 bits per heavy atom. The lowest BCUT2D eigenvalue weighted by Gasteiger charge is -2.12. The number of hydrogen-bond acceptors (Lipinski definition) is 5. The average molecular weight is 371 g/mol. The van der Waals surface area contributed by atoms with Crippen molar-refractivity contribution in [3.63, 3.8) is 0 Å². The van der Waals surface area contributed by atoms with Crippen LogP contribution in [0, 0.1) is 0 Å². The van der Waals surface area contributed by atoms with Crippen molar-refractivity contribution in [2.75, 3.05) is 11.5 Å². The Morgan fingerprint density at radius 2 is 1.77 bits per heavy atom. The quantitative estimate of drug-likeness (QED) is 0.505. The van der Waals surface area contributed by atoms with E-state index in [-0.39, 0.29) is 11.6 Å². The summed E-state index contributed by atoms with van der Waals surface area (Å²) >= 11 is 6.00. The molecule has 0 spiro atoms. The van der Waals surface area contributed by atoms with Crippen molar-refractivity contribution in [3.8, 4) is 22.5 Å². The fourth-order valence-electron chi connectivity index (χ4n) is 2.55. The minimum atomic E-state index is -0.599. The first-order valence-electron chi connectivity index (χ1n) is 7.73. The Kier molecular flexibility index (Phi) is 5.04. The molecule has 0 bridgehead atoms. The van der Waals surface area contributed by atoms with E-state index in [4.69, 9.17) is 21.0 Å². The van der Waals surface area contributed by atoms with Crippen molar-refractivity contribution in [2.45, 2.75) is 6.92 Å². The van der Waals surface area contributed by atoms with Gasteiger partial charge >= 0.3 is 5.97 Å². The summed E-state index contributed by atoms with van der Waals surface area (Å²) < 4.78 is 11.3. The molecule has 132 valence electrons. The summed E-state index contributed by atoms with van der Waals surface area (Å²) in [7, 11) is 1.28. The summed E-state index contributed by atoms with van der Waals surface area (Å²) in [6.07, 6.45) is 0. The van der Waals surface area contributed by atoms with Crippen LogP contribution in [-0.2, 0) is 9.53 Å². The lowest BCUT2D eigenvalue weighted by atomic mass is 9.99. The number of ether oxygens (including phenoxy) is 1. The summed E-state index contributed by atoms with van der Waals surface area (Å²) in [6.45, 7) is 1.36. The molecular formula is C19H15ClN2O4. The number of esters is 1. The highest BCUT2D eigenvalue weighted by molar-refractivity contribution is 6.36. The van der Waals surface area contributed by atoms with E-state index in [1.165, 1.54) is 14.0 Å². The van der Waals surface area contributed by atoms with Gasteiger partial charge in [0.2, 0.25) is 5.91 Å². The Balaban J connectivity index is 2.17. The molecule has 6 nitrogen and oxygen atoms in total. The fourth-order valence-corrected chi connectivity index (χ4v) is 2.65. The van der Waals surface area contributed by atoms with Gasteiger partial charge < -0.3 is 9.26 Å². The minimum absolute atomic E-state index is 0.0772. The second-order valence-corrected chi connectivity index (χ2v) is 5.78. The molecule has 3 rings (SSSR count). The van der Waals surface area contributed by atoms with Crippen LogP contribution in [0.4, 0.5) is 5.69 Å². The summed E-state index contributed by atoms with van der Waals surface area (Å²) in [4.78, 5) is 23.6. The molecule has 3 aromatic rings. The number of nitrogens with zero attached hydrogens (tertiary/aromatic N) is 2. The molecule has 26 heavy (non-hydrogen) atoms. The van der Waals surface area contributed by atoms with E-state index in [2.05, 4.69) is 5.16 Å². The highest BCUT2D eigenvalue weighted by Gasteiger charge is 2.25. The number of halogens is 1. The van der Waals surface area contributed by atoms with Crippen molar-refractivity contribution < 1.29 is 18.8 Å². The summed E-state index contributed by atoms with van der Waals surface area (Å²) in [6, 6.07) is 16.1. The second kappa shape index (κ2) is 7.41. The van der Waals surface area contributed by atoms with Gasteiger partial charge in [0.15, 0.2) is 11.5 Å². The SMILES string of the molecule is COC(=O)c1noc(-c2cccc(N(Cl)C(C)=O)c2)c1-c1ccccc1. The monoisotopic (exact) mass is 370 g/mol. The summed E-state index contributed by atoms with van der Waals surface area (Å²) in [5.74, 6) is -0.537. The zero-order valence-electron chi connectivity index (χ0n) is 14.1. The van der Waals surface area contributed by atoms with Gasteiger partial charge in [-0.1, -0.05) is 47.6 Å². The van der Waals surface area contributed by atoms with E-state index in [0.717, 1.165) is 9.98 Å². The van der Waals surface area contributed by atoms with Gasteiger partial charge in [0.25, 0.3) is 0 Å². The molecule has 0 unspecified atom stereocenters. The standard InChI is InChI=1S/C19H15ClN2O4/c1-12(23)22(20)15-10-6-9-14(11-15)18-16(13-7-4-3-5-8-13)17(21-26-18)19(24)25-2/h3-11H,1-2H3. The highest BCUT2D eigenvalue weighted by Crippen LogP contribution is 2.36. The van der Waals surface area contributed by atoms with E-state index in [9.17, 15) is 9.59 Å². The van der Waals surface area contributed by atoms with Gasteiger partial charge in [-0.3, -0.25) is 4.79 Å². The molecule has 0 aliphatic rings. The lowest BCUT2D eigenvalue weighted by Crippen LogP contribution is -2.16. The summed E-state index contributed by atoms with van der Waals surface area (Å²) in [5, 5.41) is 3.89. The predicted octanol–water partition coefficient (Wildman–Crippen LogP) is 4.30. The maximum atomic E-state index is 12.1. The normalized spacial score (nSPS) is 10.4. The first-order valence-corrected chi connectivity index (χ1v) is 8.07. The molecular weight excluding hydrogens is 356 g/mol. The number of benzene rings is 2. The zero-order chi connectivity index (χ0) is 18.7. The smallest absolute Gasteiger partial charge is 0.360 e. The Labute approximate surface area is 155 Å². The molecule has 0 fully saturated rings. The first-order chi connectivity index (χ1) is 12.5. The number of methoxy groups -OCH3 is 1. The topological polar surface area (TPSA) is 72.6 Å². The van der Waals surface area contributed by atoms with Crippen LogP contribution < -0.4 is 4.42 Å². The van der Waals surface area contributed by atoms with E-state index in [1.54, 1.807) is 24.3 Å². The van der Waals surface area contributed by atoms with Crippen molar-refractivity contribution in [3.05, 3.63) is 60.3 Å². The van der Waals surface area contributed by atoms with Gasteiger partial charge in [0.1, 0.15) is 0 Å². The molecule has 0 aliphatic carbocycles. The van der Waals surface area contributed by atoms with Crippen LogP contribution in [0.3, 0.4) is 0 Å². The van der Waals surface area contributed by atoms with Crippen molar-refractivity contribution in [2.24, 2.45) is 0 Å². The third-order valence-electron chi connectivity index (χ3n) is 3.74. The van der Waals surface area contributed by atoms with Gasteiger partial charge in [-0.05, 0) is 17.7 Å².